The Kier molecular flexibility index (Phi) is 4.71. The van der Waals surface area contributed by atoms with Crippen LogP contribution in [0.25, 0.3) is 0 Å². The maximum atomic E-state index is 13.6. The zero-order valence-electron chi connectivity index (χ0n) is 9.87. The van der Waals surface area contributed by atoms with E-state index < -0.39 is 5.82 Å². The van der Waals surface area contributed by atoms with Gasteiger partial charge in [-0.3, -0.25) is 0 Å². The van der Waals surface area contributed by atoms with Crippen LogP contribution in [0.3, 0.4) is 0 Å². The van der Waals surface area contributed by atoms with Gasteiger partial charge in [-0.25, -0.2) is 4.39 Å². The Morgan fingerprint density at radius 2 is 2.06 bits per heavy atom. The second-order valence-corrected chi connectivity index (χ2v) is 3.83. The molecular weight excluding hydrogens is 209 g/mol. The van der Waals surface area contributed by atoms with Gasteiger partial charge in [-0.1, -0.05) is 12.1 Å². The highest BCUT2D eigenvalue weighted by molar-refractivity contribution is 5.37. The molecule has 0 heterocycles. The summed E-state index contributed by atoms with van der Waals surface area (Å²) in [7, 11) is 1.58. The molecule has 1 rings (SSSR count). The van der Waals surface area contributed by atoms with Crippen molar-refractivity contribution in [2.24, 2.45) is 5.73 Å². The van der Waals surface area contributed by atoms with Crippen molar-refractivity contribution >= 4 is 0 Å². The summed E-state index contributed by atoms with van der Waals surface area (Å²) in [5.41, 5.74) is 6.42. The van der Waals surface area contributed by atoms with Crippen LogP contribution in [-0.4, -0.2) is 19.8 Å². The quantitative estimate of drug-likeness (QED) is 0.839. The molecule has 0 saturated heterocycles. The Morgan fingerprint density at radius 1 is 1.38 bits per heavy atom. The fourth-order valence-electron chi connectivity index (χ4n) is 1.48. The van der Waals surface area contributed by atoms with Crippen LogP contribution in [0.4, 0.5) is 4.39 Å². The number of hydrogen-bond donors (Lipinski definition) is 1. The molecule has 0 saturated carbocycles. The number of halogens is 1. The van der Waals surface area contributed by atoms with Gasteiger partial charge in [0.2, 0.25) is 0 Å². The van der Waals surface area contributed by atoms with Crippen LogP contribution in [0.2, 0.25) is 0 Å². The summed E-state index contributed by atoms with van der Waals surface area (Å²) in [5, 5.41) is 0. The summed E-state index contributed by atoms with van der Waals surface area (Å²) in [6.07, 6.45) is -0.209. The van der Waals surface area contributed by atoms with E-state index in [4.69, 9.17) is 15.2 Å². The molecule has 2 N–H and O–H groups in total. The van der Waals surface area contributed by atoms with E-state index in [2.05, 4.69) is 0 Å². The van der Waals surface area contributed by atoms with Crippen molar-refractivity contribution in [2.75, 3.05) is 13.7 Å². The molecule has 1 unspecified atom stereocenters. The molecule has 1 aromatic rings. The van der Waals surface area contributed by atoms with Crippen LogP contribution >= 0.6 is 0 Å². The minimum atomic E-state index is -0.391. The minimum Gasteiger partial charge on any atom is -0.485 e. The first-order valence-electron chi connectivity index (χ1n) is 5.25. The molecule has 0 radical (unpaired) electrons. The third-order valence-corrected chi connectivity index (χ3v) is 2.21. The average molecular weight is 227 g/mol. The molecule has 1 aromatic carbocycles. The third-order valence-electron chi connectivity index (χ3n) is 2.21. The predicted molar refractivity (Wildman–Crippen MR) is 61.0 cm³/mol. The van der Waals surface area contributed by atoms with E-state index in [0.717, 1.165) is 0 Å². The van der Waals surface area contributed by atoms with Crippen LogP contribution in [-0.2, 0) is 4.74 Å². The lowest BCUT2D eigenvalue weighted by Gasteiger charge is -2.18. The molecule has 0 aliphatic carbocycles. The molecule has 0 spiro atoms. The van der Waals surface area contributed by atoms with Crippen molar-refractivity contribution in [3.63, 3.8) is 0 Å². The molecule has 0 amide bonds. The van der Waals surface area contributed by atoms with Crippen LogP contribution in [0, 0.1) is 5.82 Å². The summed E-state index contributed by atoms with van der Waals surface area (Å²) < 4.78 is 24.0. The predicted octanol–water partition coefficient (Wildman–Crippen LogP) is 2.26. The summed E-state index contributed by atoms with van der Waals surface area (Å²) in [6, 6.07) is 4.49. The smallest absolute Gasteiger partial charge is 0.165 e. The van der Waals surface area contributed by atoms with Gasteiger partial charge in [0.1, 0.15) is 6.10 Å². The van der Waals surface area contributed by atoms with E-state index in [1.807, 2.05) is 6.92 Å². The van der Waals surface area contributed by atoms with Gasteiger partial charge in [0.25, 0.3) is 0 Å². The standard InChI is InChI=1S/C12H18FNO2/c1-8(7-15-3)16-12-10(9(2)14)5-4-6-11(12)13/h4-6,8-9H,7,14H2,1-3H3/t8?,9-/m1/s1. The maximum Gasteiger partial charge on any atom is 0.165 e. The van der Waals surface area contributed by atoms with Crippen LogP contribution in [0.15, 0.2) is 18.2 Å². The summed E-state index contributed by atoms with van der Waals surface area (Å²) in [4.78, 5) is 0. The number of rotatable bonds is 5. The van der Waals surface area contributed by atoms with Crippen LogP contribution in [0.1, 0.15) is 25.5 Å². The molecular formula is C12H18FNO2. The van der Waals surface area contributed by atoms with Gasteiger partial charge in [-0.2, -0.15) is 0 Å². The van der Waals surface area contributed by atoms with E-state index in [1.165, 1.54) is 6.07 Å². The third kappa shape index (κ3) is 3.18. The fraction of sp³-hybridized carbons (Fsp3) is 0.500. The van der Waals surface area contributed by atoms with E-state index in [9.17, 15) is 4.39 Å². The first kappa shape index (κ1) is 12.9. The van der Waals surface area contributed by atoms with Gasteiger partial charge < -0.3 is 15.2 Å². The van der Waals surface area contributed by atoms with Gasteiger partial charge in [0.15, 0.2) is 11.6 Å². The first-order chi connectivity index (χ1) is 7.56. The Labute approximate surface area is 95.4 Å². The number of ether oxygens (including phenoxy) is 2. The molecule has 2 atom stereocenters. The van der Waals surface area contributed by atoms with E-state index in [0.29, 0.717) is 12.2 Å². The Bertz CT molecular complexity index is 342. The van der Waals surface area contributed by atoms with Gasteiger partial charge in [0.05, 0.1) is 6.61 Å². The van der Waals surface area contributed by atoms with Gasteiger partial charge in [-0.05, 0) is 19.9 Å². The minimum absolute atomic E-state index is 0.209. The second-order valence-electron chi connectivity index (χ2n) is 3.83. The lowest BCUT2D eigenvalue weighted by atomic mass is 10.1. The van der Waals surface area contributed by atoms with E-state index >= 15 is 0 Å². The molecule has 0 bridgehead atoms. The normalized spacial score (nSPS) is 14.6. The zero-order chi connectivity index (χ0) is 12.1. The van der Waals surface area contributed by atoms with Gasteiger partial charge >= 0.3 is 0 Å². The zero-order valence-corrected chi connectivity index (χ0v) is 9.87. The van der Waals surface area contributed by atoms with E-state index in [1.54, 1.807) is 26.2 Å². The van der Waals surface area contributed by atoms with Crippen molar-refractivity contribution in [3.05, 3.63) is 29.6 Å². The van der Waals surface area contributed by atoms with Crippen molar-refractivity contribution in [1.82, 2.24) is 0 Å². The Hall–Kier alpha value is -1.13. The first-order valence-corrected chi connectivity index (χ1v) is 5.25. The van der Waals surface area contributed by atoms with Crippen molar-refractivity contribution in [2.45, 2.75) is 26.0 Å². The average Bonchev–Trinajstić information content (AvgIpc) is 2.21. The number of benzene rings is 1. The molecule has 3 nitrogen and oxygen atoms in total. The second kappa shape index (κ2) is 5.82. The molecule has 0 fully saturated rings. The number of nitrogens with two attached hydrogens (primary N) is 1. The summed E-state index contributed by atoms with van der Waals surface area (Å²) in [5.74, 6) is -0.167. The number of para-hydroxylation sites is 1. The summed E-state index contributed by atoms with van der Waals surface area (Å²) in [6.45, 7) is 4.02. The fourth-order valence-corrected chi connectivity index (χ4v) is 1.48. The lowest BCUT2D eigenvalue weighted by molar-refractivity contribution is 0.0883. The maximum absolute atomic E-state index is 13.6. The molecule has 90 valence electrons. The highest BCUT2D eigenvalue weighted by Gasteiger charge is 2.15. The SMILES string of the molecule is COCC(C)Oc1c(F)cccc1[C@@H](C)N. The summed E-state index contributed by atoms with van der Waals surface area (Å²) >= 11 is 0. The highest BCUT2D eigenvalue weighted by Crippen LogP contribution is 2.27. The largest absolute Gasteiger partial charge is 0.485 e. The van der Waals surface area contributed by atoms with Gasteiger partial charge in [0, 0.05) is 18.7 Å². The number of methoxy groups -OCH3 is 1. The molecule has 16 heavy (non-hydrogen) atoms. The molecule has 0 aliphatic heterocycles. The van der Waals surface area contributed by atoms with Gasteiger partial charge in [-0.15, -0.1) is 0 Å². The topological polar surface area (TPSA) is 44.5 Å². The lowest BCUT2D eigenvalue weighted by Crippen LogP contribution is -2.20. The molecule has 4 heteroatoms. The van der Waals surface area contributed by atoms with E-state index in [-0.39, 0.29) is 17.9 Å². The van der Waals surface area contributed by atoms with Crippen LogP contribution in [0.5, 0.6) is 5.75 Å². The van der Waals surface area contributed by atoms with Crippen molar-refractivity contribution in [1.29, 1.82) is 0 Å². The van der Waals surface area contributed by atoms with Crippen molar-refractivity contribution in [3.8, 4) is 5.75 Å². The molecule has 0 aliphatic rings. The monoisotopic (exact) mass is 227 g/mol. The van der Waals surface area contributed by atoms with Crippen LogP contribution < -0.4 is 10.5 Å². The highest BCUT2D eigenvalue weighted by atomic mass is 19.1. The Morgan fingerprint density at radius 3 is 2.62 bits per heavy atom. The Balaban J connectivity index is 2.92. The number of hydrogen-bond acceptors (Lipinski definition) is 3. The van der Waals surface area contributed by atoms with Crippen molar-refractivity contribution < 1.29 is 13.9 Å². The molecule has 0 aromatic heterocycles.